The second kappa shape index (κ2) is 8.13. The Labute approximate surface area is 144 Å². The van der Waals surface area contributed by atoms with Crippen LogP contribution < -0.4 is 5.73 Å². The second-order valence-corrected chi connectivity index (χ2v) is 6.43. The maximum atomic E-state index is 12.8. The number of carbonyl (C=O) groups excluding carboxylic acids is 1. The first-order chi connectivity index (χ1) is 10.7. The molecule has 1 aromatic rings. The van der Waals surface area contributed by atoms with Crippen molar-refractivity contribution in [3.05, 3.63) is 35.4 Å². The number of nitrogens with two attached hydrogens (primary N) is 1. The molecule has 0 radical (unpaired) electrons. The quantitative estimate of drug-likeness (QED) is 0.867. The van der Waals surface area contributed by atoms with E-state index >= 15 is 0 Å². The molecule has 1 aliphatic carbocycles. The second-order valence-electron chi connectivity index (χ2n) is 6.43. The van der Waals surface area contributed by atoms with Gasteiger partial charge in [-0.3, -0.25) is 4.79 Å². The Morgan fingerprint density at radius 1 is 1.17 bits per heavy atom. The molecule has 0 bridgehead atoms. The predicted octanol–water partition coefficient (Wildman–Crippen LogP) is 2.67. The van der Waals surface area contributed by atoms with Gasteiger partial charge in [0, 0.05) is 19.1 Å². The molecule has 1 amide bonds. The molecular weight excluding hydrogens is 312 g/mol. The van der Waals surface area contributed by atoms with Crippen LogP contribution in [0.2, 0.25) is 0 Å². The van der Waals surface area contributed by atoms with E-state index < -0.39 is 0 Å². The van der Waals surface area contributed by atoms with Crippen LogP contribution in [0.25, 0.3) is 0 Å². The van der Waals surface area contributed by atoms with Gasteiger partial charge in [-0.25, -0.2) is 0 Å². The normalized spacial score (nSPS) is 23.4. The molecule has 0 spiro atoms. The van der Waals surface area contributed by atoms with Crippen molar-refractivity contribution >= 4 is 18.3 Å². The van der Waals surface area contributed by atoms with Crippen molar-refractivity contribution in [2.24, 2.45) is 5.73 Å². The maximum absolute atomic E-state index is 12.8. The van der Waals surface area contributed by atoms with E-state index in [1.807, 2.05) is 4.90 Å². The van der Waals surface area contributed by atoms with Gasteiger partial charge in [0.2, 0.25) is 0 Å². The number of benzene rings is 1. The van der Waals surface area contributed by atoms with Gasteiger partial charge >= 0.3 is 0 Å². The first-order valence-electron chi connectivity index (χ1n) is 8.45. The minimum absolute atomic E-state index is 0. The molecule has 23 heavy (non-hydrogen) atoms. The molecule has 128 valence electrons. The molecule has 2 aliphatic rings. The van der Waals surface area contributed by atoms with Crippen LogP contribution in [-0.2, 0) is 22.5 Å². The lowest BCUT2D eigenvalue weighted by molar-refractivity contribution is -0.144. The summed E-state index contributed by atoms with van der Waals surface area (Å²) in [5, 5.41) is 0. The van der Waals surface area contributed by atoms with Crippen LogP contribution in [0.3, 0.4) is 0 Å². The lowest BCUT2D eigenvalue weighted by Crippen LogP contribution is -2.40. The molecule has 2 atom stereocenters. The number of nitrogens with zero attached hydrogens (tertiary/aromatic N) is 1. The Bertz CT molecular complexity index is 516. The number of ether oxygens (including phenoxy) is 1. The van der Waals surface area contributed by atoms with Crippen molar-refractivity contribution in [1.82, 2.24) is 4.90 Å². The predicted molar refractivity (Wildman–Crippen MR) is 93.6 cm³/mol. The minimum Gasteiger partial charge on any atom is -0.364 e. The summed E-state index contributed by atoms with van der Waals surface area (Å²) in [5.74, 6) is 0.151. The number of hydrogen-bond donors (Lipinski definition) is 1. The van der Waals surface area contributed by atoms with E-state index in [4.69, 9.17) is 10.5 Å². The SMILES string of the molecule is CCc1ccc(CN(C(=O)[C@@H]2CC[C@H](CN)O2)C2CC2)cc1.Cl. The van der Waals surface area contributed by atoms with E-state index in [0.29, 0.717) is 19.1 Å². The lowest BCUT2D eigenvalue weighted by atomic mass is 10.1. The average Bonchev–Trinajstić information content (AvgIpc) is 3.28. The Kier molecular flexibility index (Phi) is 6.45. The fourth-order valence-electron chi connectivity index (χ4n) is 3.10. The largest absolute Gasteiger partial charge is 0.364 e. The van der Waals surface area contributed by atoms with Crippen molar-refractivity contribution in [2.45, 2.75) is 63.8 Å². The van der Waals surface area contributed by atoms with Crippen molar-refractivity contribution < 1.29 is 9.53 Å². The fraction of sp³-hybridized carbons (Fsp3) is 0.611. The molecule has 3 rings (SSSR count). The van der Waals surface area contributed by atoms with Gasteiger partial charge in [0.15, 0.2) is 0 Å². The van der Waals surface area contributed by atoms with E-state index in [0.717, 1.165) is 32.1 Å². The van der Waals surface area contributed by atoms with Crippen molar-refractivity contribution in [2.75, 3.05) is 6.54 Å². The highest BCUT2D eigenvalue weighted by molar-refractivity contribution is 5.85. The summed E-state index contributed by atoms with van der Waals surface area (Å²) < 4.78 is 5.79. The van der Waals surface area contributed by atoms with Crippen LogP contribution in [0.1, 0.15) is 43.7 Å². The molecule has 0 unspecified atom stereocenters. The van der Waals surface area contributed by atoms with Gasteiger partial charge in [-0.2, -0.15) is 0 Å². The van der Waals surface area contributed by atoms with E-state index in [9.17, 15) is 4.79 Å². The zero-order valence-corrected chi connectivity index (χ0v) is 14.6. The molecule has 4 nitrogen and oxygen atoms in total. The van der Waals surface area contributed by atoms with Gasteiger partial charge in [-0.15, -0.1) is 12.4 Å². The van der Waals surface area contributed by atoms with Gasteiger partial charge in [-0.05, 0) is 43.2 Å². The number of rotatable bonds is 6. The molecule has 1 aliphatic heterocycles. The number of hydrogen-bond acceptors (Lipinski definition) is 3. The molecule has 0 aromatic heterocycles. The maximum Gasteiger partial charge on any atom is 0.252 e. The summed E-state index contributed by atoms with van der Waals surface area (Å²) in [6.07, 6.45) is 4.75. The van der Waals surface area contributed by atoms with Gasteiger partial charge < -0.3 is 15.4 Å². The van der Waals surface area contributed by atoms with Crippen molar-refractivity contribution in [1.29, 1.82) is 0 Å². The third-order valence-electron chi connectivity index (χ3n) is 4.70. The fourth-order valence-corrected chi connectivity index (χ4v) is 3.10. The Morgan fingerprint density at radius 2 is 1.83 bits per heavy atom. The molecule has 1 heterocycles. The summed E-state index contributed by atoms with van der Waals surface area (Å²) >= 11 is 0. The monoisotopic (exact) mass is 338 g/mol. The van der Waals surface area contributed by atoms with E-state index in [2.05, 4.69) is 31.2 Å². The van der Waals surface area contributed by atoms with Gasteiger partial charge in [0.05, 0.1) is 6.10 Å². The Balaban J connectivity index is 0.00000192. The highest BCUT2D eigenvalue weighted by Gasteiger charge is 2.39. The average molecular weight is 339 g/mol. The molecular formula is C18H27ClN2O2. The van der Waals surface area contributed by atoms with Crippen LogP contribution in [0.15, 0.2) is 24.3 Å². The first kappa shape index (κ1) is 18.2. The first-order valence-corrected chi connectivity index (χ1v) is 8.45. The highest BCUT2D eigenvalue weighted by atomic mass is 35.5. The summed E-state index contributed by atoms with van der Waals surface area (Å²) in [6, 6.07) is 8.99. The molecule has 1 saturated heterocycles. The van der Waals surface area contributed by atoms with Crippen LogP contribution in [-0.4, -0.2) is 35.6 Å². The number of halogens is 1. The van der Waals surface area contributed by atoms with Crippen molar-refractivity contribution in [3.63, 3.8) is 0 Å². The topological polar surface area (TPSA) is 55.6 Å². The van der Waals surface area contributed by atoms with E-state index in [-0.39, 0.29) is 30.5 Å². The van der Waals surface area contributed by atoms with Crippen LogP contribution in [0.5, 0.6) is 0 Å². The zero-order chi connectivity index (χ0) is 15.5. The highest BCUT2D eigenvalue weighted by Crippen LogP contribution is 2.31. The summed E-state index contributed by atoms with van der Waals surface area (Å²) in [5.41, 5.74) is 8.18. The van der Waals surface area contributed by atoms with Crippen LogP contribution in [0, 0.1) is 0 Å². The molecule has 5 heteroatoms. The lowest BCUT2D eigenvalue weighted by Gasteiger charge is -2.26. The molecule has 2 N–H and O–H groups in total. The summed E-state index contributed by atoms with van der Waals surface area (Å²) in [7, 11) is 0. The van der Waals surface area contributed by atoms with Crippen LogP contribution >= 0.6 is 12.4 Å². The smallest absolute Gasteiger partial charge is 0.252 e. The standard InChI is InChI=1S/C18H26N2O2.ClH/c1-2-13-3-5-14(6-4-13)12-20(15-7-8-15)18(21)17-10-9-16(11-19)22-17;/h3-6,15-17H,2,7-12,19H2,1H3;1H/t16-,17+;/m1./s1. The zero-order valence-electron chi connectivity index (χ0n) is 13.7. The van der Waals surface area contributed by atoms with Gasteiger partial charge in [0.25, 0.3) is 5.91 Å². The third-order valence-corrected chi connectivity index (χ3v) is 4.70. The van der Waals surface area contributed by atoms with Crippen molar-refractivity contribution in [3.8, 4) is 0 Å². The van der Waals surface area contributed by atoms with Gasteiger partial charge in [-0.1, -0.05) is 31.2 Å². The molecule has 1 aromatic carbocycles. The summed E-state index contributed by atoms with van der Waals surface area (Å²) in [6.45, 7) is 3.35. The number of amides is 1. The number of carbonyl (C=O) groups is 1. The molecule has 2 fully saturated rings. The Hall–Kier alpha value is -1.10. The van der Waals surface area contributed by atoms with E-state index in [1.54, 1.807) is 0 Å². The third kappa shape index (κ3) is 4.46. The van der Waals surface area contributed by atoms with Gasteiger partial charge in [0.1, 0.15) is 6.10 Å². The Morgan fingerprint density at radius 3 is 2.35 bits per heavy atom. The minimum atomic E-state index is -0.288. The van der Waals surface area contributed by atoms with E-state index in [1.165, 1.54) is 11.1 Å². The molecule has 1 saturated carbocycles. The summed E-state index contributed by atoms with van der Waals surface area (Å²) in [4.78, 5) is 14.8. The van der Waals surface area contributed by atoms with Crippen LogP contribution in [0.4, 0.5) is 0 Å². The number of aryl methyl sites for hydroxylation is 1.